The lowest BCUT2D eigenvalue weighted by Gasteiger charge is -2.20. The molecule has 2 aromatic carbocycles. The topological polar surface area (TPSA) is 84.7 Å². The molecule has 2 aromatic rings. The van der Waals surface area contributed by atoms with Gasteiger partial charge in [-0.15, -0.1) is 0 Å². The summed E-state index contributed by atoms with van der Waals surface area (Å²) in [7, 11) is 1.75. The number of nitrogens with zero attached hydrogens (tertiary/aromatic N) is 2. The third-order valence-electron chi connectivity index (χ3n) is 4.27. The number of nitro benzene ring substituents is 1. The zero-order valence-corrected chi connectivity index (χ0v) is 15.6. The molecule has 1 aliphatic rings. The van der Waals surface area contributed by atoms with Crippen LogP contribution < -0.4 is 15.0 Å². The molecule has 0 aromatic heterocycles. The van der Waals surface area contributed by atoms with Crippen LogP contribution in [0.25, 0.3) is 0 Å². The number of hydrogen-bond acceptors (Lipinski definition) is 5. The Bertz CT molecular complexity index is 837. The molecule has 1 fully saturated rings. The zero-order valence-electron chi connectivity index (χ0n) is 14.9. The van der Waals surface area contributed by atoms with Gasteiger partial charge in [0.1, 0.15) is 18.0 Å². The van der Waals surface area contributed by atoms with Crippen molar-refractivity contribution in [3.05, 3.63) is 63.2 Å². The number of ether oxygens (including phenoxy) is 1. The number of nitrogens with one attached hydrogen (secondary N) is 1. The molecule has 27 heavy (non-hydrogen) atoms. The van der Waals surface area contributed by atoms with E-state index in [4.69, 9.17) is 16.3 Å². The summed E-state index contributed by atoms with van der Waals surface area (Å²) in [5.74, 6) is 0.398. The van der Waals surface area contributed by atoms with Crippen LogP contribution in [0.4, 0.5) is 11.4 Å². The minimum absolute atomic E-state index is 0.104. The van der Waals surface area contributed by atoms with Crippen molar-refractivity contribution in [2.45, 2.75) is 18.9 Å². The first-order valence-corrected chi connectivity index (χ1v) is 9.00. The van der Waals surface area contributed by atoms with Crippen LogP contribution in [0.15, 0.2) is 42.5 Å². The maximum absolute atomic E-state index is 12.1. The van der Waals surface area contributed by atoms with Crippen molar-refractivity contribution in [3.8, 4) is 5.75 Å². The average Bonchev–Trinajstić information content (AvgIpc) is 3.46. The van der Waals surface area contributed by atoms with E-state index in [1.54, 1.807) is 48.3 Å². The van der Waals surface area contributed by atoms with Gasteiger partial charge in [0.25, 0.3) is 11.6 Å². The number of halogens is 1. The number of hydrogen-bond donors (Lipinski definition) is 1. The second kappa shape index (κ2) is 8.26. The van der Waals surface area contributed by atoms with E-state index < -0.39 is 4.92 Å². The van der Waals surface area contributed by atoms with Crippen LogP contribution in [-0.2, 0) is 0 Å². The van der Waals surface area contributed by atoms with E-state index >= 15 is 0 Å². The van der Waals surface area contributed by atoms with E-state index in [9.17, 15) is 14.9 Å². The highest BCUT2D eigenvalue weighted by Crippen LogP contribution is 2.29. The van der Waals surface area contributed by atoms with Gasteiger partial charge in [-0.05, 0) is 49.2 Å². The van der Waals surface area contributed by atoms with Crippen LogP contribution in [0.2, 0.25) is 5.02 Å². The van der Waals surface area contributed by atoms with Crippen molar-refractivity contribution < 1.29 is 14.5 Å². The predicted molar refractivity (Wildman–Crippen MR) is 104 cm³/mol. The van der Waals surface area contributed by atoms with Crippen molar-refractivity contribution in [1.29, 1.82) is 0 Å². The second-order valence-corrected chi connectivity index (χ2v) is 6.87. The van der Waals surface area contributed by atoms with E-state index in [-0.39, 0.29) is 17.6 Å². The Morgan fingerprint density at radius 1 is 1.30 bits per heavy atom. The van der Waals surface area contributed by atoms with Crippen LogP contribution in [0.5, 0.6) is 5.75 Å². The summed E-state index contributed by atoms with van der Waals surface area (Å²) in [4.78, 5) is 24.9. The lowest BCUT2D eigenvalue weighted by molar-refractivity contribution is -0.384. The Labute approximate surface area is 162 Å². The summed E-state index contributed by atoms with van der Waals surface area (Å²) in [6, 6.07) is 11.7. The summed E-state index contributed by atoms with van der Waals surface area (Å²) < 4.78 is 5.63. The smallest absolute Gasteiger partial charge is 0.293 e. The van der Waals surface area contributed by atoms with Crippen LogP contribution in [0.3, 0.4) is 0 Å². The monoisotopic (exact) mass is 389 g/mol. The number of anilines is 1. The normalized spacial score (nSPS) is 13.1. The van der Waals surface area contributed by atoms with Crippen LogP contribution >= 0.6 is 11.6 Å². The summed E-state index contributed by atoms with van der Waals surface area (Å²) in [6.45, 7) is 0.788. The Balaban J connectivity index is 1.65. The summed E-state index contributed by atoms with van der Waals surface area (Å²) >= 11 is 5.83. The third kappa shape index (κ3) is 5.10. The number of amides is 1. The first-order chi connectivity index (χ1) is 12.9. The SMILES string of the molecule is CN(CCOc1ccc(Cl)cc1)c1ccc(C(=O)NC2CC2)cc1[N+](=O)[O-]. The number of benzene rings is 2. The van der Waals surface area contributed by atoms with E-state index in [1.165, 1.54) is 6.07 Å². The predicted octanol–water partition coefficient (Wildman–Crippen LogP) is 3.66. The lowest BCUT2D eigenvalue weighted by atomic mass is 10.1. The second-order valence-electron chi connectivity index (χ2n) is 6.43. The highest BCUT2D eigenvalue weighted by Gasteiger charge is 2.25. The zero-order chi connectivity index (χ0) is 19.4. The number of rotatable bonds is 8. The molecule has 0 spiro atoms. The Hall–Kier alpha value is -2.80. The highest BCUT2D eigenvalue weighted by atomic mass is 35.5. The van der Waals surface area contributed by atoms with Crippen molar-refractivity contribution in [3.63, 3.8) is 0 Å². The minimum Gasteiger partial charge on any atom is -0.492 e. The highest BCUT2D eigenvalue weighted by molar-refractivity contribution is 6.30. The molecule has 8 heteroatoms. The standard InChI is InChI=1S/C19H20ClN3O4/c1-22(10-11-27-16-7-3-14(20)4-8-16)17-9-2-13(12-18(17)23(25)26)19(24)21-15-5-6-15/h2-4,7-9,12,15H,5-6,10-11H2,1H3,(H,21,24). The van der Waals surface area contributed by atoms with E-state index in [0.717, 1.165) is 12.8 Å². The first-order valence-electron chi connectivity index (χ1n) is 8.63. The Morgan fingerprint density at radius 2 is 2.00 bits per heavy atom. The van der Waals surface area contributed by atoms with Gasteiger partial charge in [-0.1, -0.05) is 11.6 Å². The van der Waals surface area contributed by atoms with Gasteiger partial charge >= 0.3 is 0 Å². The van der Waals surface area contributed by atoms with Crippen molar-refractivity contribution in [2.24, 2.45) is 0 Å². The molecular formula is C19H20ClN3O4. The molecule has 0 atom stereocenters. The van der Waals surface area contributed by atoms with Gasteiger partial charge in [0.15, 0.2) is 0 Å². The van der Waals surface area contributed by atoms with Gasteiger partial charge in [-0.3, -0.25) is 14.9 Å². The first kappa shape index (κ1) is 19.0. The molecule has 0 radical (unpaired) electrons. The van der Waals surface area contributed by atoms with Crippen LogP contribution in [0, 0.1) is 10.1 Å². The number of carbonyl (C=O) groups is 1. The third-order valence-corrected chi connectivity index (χ3v) is 4.52. The molecule has 1 saturated carbocycles. The maximum Gasteiger partial charge on any atom is 0.293 e. The molecule has 0 aliphatic heterocycles. The number of nitro groups is 1. The molecule has 0 unspecified atom stereocenters. The summed E-state index contributed by atoms with van der Waals surface area (Å²) in [5.41, 5.74) is 0.623. The lowest BCUT2D eigenvalue weighted by Crippen LogP contribution is -2.26. The van der Waals surface area contributed by atoms with Gasteiger partial charge in [0, 0.05) is 29.7 Å². The van der Waals surface area contributed by atoms with Gasteiger partial charge in [-0.25, -0.2) is 0 Å². The molecule has 0 bridgehead atoms. The summed E-state index contributed by atoms with van der Waals surface area (Å²) in [6.07, 6.45) is 1.92. The molecule has 7 nitrogen and oxygen atoms in total. The van der Waals surface area contributed by atoms with Gasteiger partial charge < -0.3 is 15.0 Å². The molecule has 1 amide bonds. The van der Waals surface area contributed by atoms with Crippen molar-refractivity contribution in [2.75, 3.05) is 25.1 Å². The Kier molecular flexibility index (Phi) is 5.81. The minimum atomic E-state index is -0.472. The molecule has 142 valence electrons. The van der Waals surface area contributed by atoms with Crippen molar-refractivity contribution >= 4 is 28.9 Å². The van der Waals surface area contributed by atoms with E-state index in [1.807, 2.05) is 0 Å². The number of carbonyl (C=O) groups excluding carboxylic acids is 1. The fraction of sp³-hybridized carbons (Fsp3) is 0.316. The van der Waals surface area contributed by atoms with E-state index in [2.05, 4.69) is 5.32 Å². The fourth-order valence-corrected chi connectivity index (χ4v) is 2.71. The Morgan fingerprint density at radius 3 is 2.63 bits per heavy atom. The average molecular weight is 390 g/mol. The largest absolute Gasteiger partial charge is 0.492 e. The van der Waals surface area contributed by atoms with Gasteiger partial charge in [-0.2, -0.15) is 0 Å². The molecule has 1 aliphatic carbocycles. The maximum atomic E-state index is 12.1. The number of likely N-dealkylation sites (N-methyl/N-ethyl adjacent to an activating group) is 1. The van der Waals surface area contributed by atoms with Crippen LogP contribution in [-0.4, -0.2) is 37.1 Å². The molecule has 3 rings (SSSR count). The van der Waals surface area contributed by atoms with Gasteiger partial charge in [0.05, 0.1) is 11.5 Å². The van der Waals surface area contributed by atoms with Crippen molar-refractivity contribution in [1.82, 2.24) is 5.32 Å². The quantitative estimate of drug-likeness (QED) is 0.550. The summed E-state index contributed by atoms with van der Waals surface area (Å²) in [5, 5.41) is 14.9. The van der Waals surface area contributed by atoms with Gasteiger partial charge in [0.2, 0.25) is 0 Å². The molecule has 1 N–H and O–H groups in total. The molecule has 0 saturated heterocycles. The molecular weight excluding hydrogens is 370 g/mol. The fourth-order valence-electron chi connectivity index (χ4n) is 2.58. The van der Waals surface area contributed by atoms with E-state index in [0.29, 0.717) is 35.2 Å². The van der Waals surface area contributed by atoms with Crippen LogP contribution in [0.1, 0.15) is 23.2 Å². The molecule has 0 heterocycles.